The third-order valence-corrected chi connectivity index (χ3v) is 4.02. The molecule has 2 nitrogen and oxygen atoms in total. The van der Waals surface area contributed by atoms with Crippen LogP contribution in [0.15, 0.2) is 22.7 Å². The highest BCUT2D eigenvalue weighted by Gasteiger charge is 2.20. The maximum absolute atomic E-state index is 13.8. The summed E-state index contributed by atoms with van der Waals surface area (Å²) in [4.78, 5) is 12.0. The predicted octanol–water partition coefficient (Wildman–Crippen LogP) is 4.25. The predicted molar refractivity (Wildman–Crippen MR) is 79.6 cm³/mol. The molecule has 0 radical (unpaired) electrons. The van der Waals surface area contributed by atoms with Gasteiger partial charge in [-0.15, -0.1) is 0 Å². The molecule has 0 aromatic heterocycles. The minimum Gasteiger partial charge on any atom is -0.352 e. The Balaban J connectivity index is 2.72. The molecule has 0 bridgehead atoms. The Kier molecular flexibility index (Phi) is 5.98. The fraction of sp³-hybridized carbons (Fsp3) is 0.533. The van der Waals surface area contributed by atoms with Gasteiger partial charge in [-0.2, -0.15) is 0 Å². The van der Waals surface area contributed by atoms with Crippen LogP contribution in [0.3, 0.4) is 0 Å². The second kappa shape index (κ2) is 7.04. The molecule has 1 aromatic rings. The van der Waals surface area contributed by atoms with Gasteiger partial charge in [0.15, 0.2) is 0 Å². The van der Waals surface area contributed by atoms with Gasteiger partial charge in [-0.3, -0.25) is 4.79 Å². The van der Waals surface area contributed by atoms with E-state index in [1.165, 1.54) is 6.07 Å². The third kappa shape index (κ3) is 4.30. The molecule has 0 saturated heterocycles. The van der Waals surface area contributed by atoms with Crippen molar-refractivity contribution < 1.29 is 9.18 Å². The summed E-state index contributed by atoms with van der Waals surface area (Å²) in [6.07, 6.45) is 0. The molecule has 19 heavy (non-hydrogen) atoms. The Morgan fingerprint density at radius 3 is 2.37 bits per heavy atom. The molecule has 1 rings (SSSR count). The van der Waals surface area contributed by atoms with E-state index in [1.807, 2.05) is 0 Å². The molecule has 0 unspecified atom stereocenters. The highest BCUT2D eigenvalue weighted by Crippen LogP contribution is 2.21. The summed E-state index contributed by atoms with van der Waals surface area (Å²) in [5.41, 5.74) is 0.0839. The first-order valence-corrected chi connectivity index (χ1v) is 7.36. The van der Waals surface area contributed by atoms with Gasteiger partial charge in [0.25, 0.3) is 5.91 Å². The normalized spacial score (nSPS) is 11.4. The maximum atomic E-state index is 13.8. The number of halogens is 2. The van der Waals surface area contributed by atoms with E-state index in [4.69, 9.17) is 0 Å². The van der Waals surface area contributed by atoms with E-state index in [2.05, 4.69) is 48.9 Å². The van der Waals surface area contributed by atoms with Crippen molar-refractivity contribution in [2.24, 2.45) is 17.8 Å². The Morgan fingerprint density at radius 2 is 1.84 bits per heavy atom. The Labute approximate surface area is 122 Å². The van der Waals surface area contributed by atoms with Gasteiger partial charge in [0.05, 0.1) is 10.0 Å². The first kappa shape index (κ1) is 16.2. The molecule has 0 atom stereocenters. The number of carbonyl (C=O) groups excluding carboxylic acids is 1. The van der Waals surface area contributed by atoms with Gasteiger partial charge in [-0.25, -0.2) is 4.39 Å². The molecule has 1 aromatic carbocycles. The summed E-state index contributed by atoms with van der Waals surface area (Å²) in [5, 5.41) is 2.83. The number of benzene rings is 1. The summed E-state index contributed by atoms with van der Waals surface area (Å²) in [7, 11) is 0. The van der Waals surface area contributed by atoms with E-state index < -0.39 is 5.82 Å². The van der Waals surface area contributed by atoms with Crippen molar-refractivity contribution in [3.05, 3.63) is 34.1 Å². The van der Waals surface area contributed by atoms with Crippen molar-refractivity contribution in [1.82, 2.24) is 5.32 Å². The Morgan fingerprint density at radius 1 is 1.26 bits per heavy atom. The monoisotopic (exact) mass is 329 g/mol. The summed E-state index contributed by atoms with van der Waals surface area (Å²) in [6.45, 7) is 9.11. The fourth-order valence-corrected chi connectivity index (χ4v) is 2.59. The van der Waals surface area contributed by atoms with Crippen LogP contribution in [0.25, 0.3) is 0 Å². The molecule has 0 aliphatic rings. The largest absolute Gasteiger partial charge is 0.352 e. The molecule has 0 heterocycles. The van der Waals surface area contributed by atoms with Crippen LogP contribution in [0.5, 0.6) is 0 Å². The number of carbonyl (C=O) groups is 1. The van der Waals surface area contributed by atoms with Crippen LogP contribution >= 0.6 is 15.9 Å². The smallest absolute Gasteiger partial charge is 0.254 e. The van der Waals surface area contributed by atoms with Crippen molar-refractivity contribution in [2.45, 2.75) is 27.7 Å². The van der Waals surface area contributed by atoms with Crippen molar-refractivity contribution in [2.75, 3.05) is 6.54 Å². The van der Waals surface area contributed by atoms with Gasteiger partial charge < -0.3 is 5.32 Å². The molecule has 106 valence electrons. The van der Waals surface area contributed by atoms with Crippen LogP contribution in [0.2, 0.25) is 0 Å². The first-order valence-electron chi connectivity index (χ1n) is 6.56. The average molecular weight is 330 g/mol. The zero-order chi connectivity index (χ0) is 14.6. The minimum atomic E-state index is -0.509. The van der Waals surface area contributed by atoms with E-state index in [0.717, 1.165) is 0 Å². The third-order valence-electron chi connectivity index (χ3n) is 3.41. The van der Waals surface area contributed by atoms with Crippen LogP contribution in [-0.4, -0.2) is 12.5 Å². The number of rotatable bonds is 5. The lowest BCUT2D eigenvalue weighted by atomic mass is 9.85. The molecule has 0 aliphatic heterocycles. The van der Waals surface area contributed by atoms with Crippen molar-refractivity contribution in [1.29, 1.82) is 0 Å². The summed E-state index contributed by atoms with van der Waals surface area (Å²) >= 11 is 3.09. The van der Waals surface area contributed by atoms with Gasteiger partial charge in [0.2, 0.25) is 0 Å². The van der Waals surface area contributed by atoms with Crippen molar-refractivity contribution in [3.63, 3.8) is 0 Å². The number of hydrogen-bond donors (Lipinski definition) is 1. The molecule has 0 saturated carbocycles. The molecular weight excluding hydrogens is 309 g/mol. The number of amides is 1. The van der Waals surface area contributed by atoms with Gasteiger partial charge in [-0.1, -0.05) is 33.8 Å². The second-order valence-corrected chi connectivity index (χ2v) is 6.32. The highest BCUT2D eigenvalue weighted by atomic mass is 79.9. The quantitative estimate of drug-likeness (QED) is 0.859. The Hall–Kier alpha value is -0.900. The van der Waals surface area contributed by atoms with Gasteiger partial charge >= 0.3 is 0 Å². The fourth-order valence-electron chi connectivity index (χ4n) is 2.23. The number of hydrogen-bond acceptors (Lipinski definition) is 1. The summed E-state index contributed by atoms with van der Waals surface area (Å²) in [6, 6.07) is 4.73. The van der Waals surface area contributed by atoms with Crippen LogP contribution in [0, 0.1) is 23.6 Å². The summed E-state index contributed by atoms with van der Waals surface area (Å²) < 4.78 is 14.1. The molecule has 1 N–H and O–H groups in total. The lowest BCUT2D eigenvalue weighted by molar-refractivity contribution is 0.0933. The van der Waals surface area contributed by atoms with Gasteiger partial charge in [0.1, 0.15) is 5.82 Å². The van der Waals surface area contributed by atoms with E-state index >= 15 is 0 Å². The maximum Gasteiger partial charge on any atom is 0.254 e. The molecular formula is C15H21BrFNO. The van der Waals surface area contributed by atoms with Crippen molar-refractivity contribution in [3.8, 4) is 0 Å². The second-order valence-electron chi connectivity index (χ2n) is 5.46. The van der Waals surface area contributed by atoms with E-state index in [-0.39, 0.29) is 11.5 Å². The van der Waals surface area contributed by atoms with Crippen LogP contribution in [0.1, 0.15) is 38.1 Å². The lowest BCUT2D eigenvalue weighted by Gasteiger charge is -2.25. The molecule has 0 fully saturated rings. The first-order chi connectivity index (χ1) is 8.84. The lowest BCUT2D eigenvalue weighted by Crippen LogP contribution is -2.34. The zero-order valence-corrected chi connectivity index (χ0v) is 13.4. The standard InChI is InChI=1S/C15H21BrFNO/c1-9(2)12(10(3)4)8-18-15(19)11-6-5-7-13(16)14(11)17/h5-7,9-10,12H,8H2,1-4H3,(H,18,19). The Bertz CT molecular complexity index is 438. The topological polar surface area (TPSA) is 29.1 Å². The average Bonchev–Trinajstić information content (AvgIpc) is 2.31. The number of nitrogens with one attached hydrogen (secondary N) is 1. The highest BCUT2D eigenvalue weighted by molar-refractivity contribution is 9.10. The zero-order valence-electron chi connectivity index (χ0n) is 11.8. The molecule has 0 aliphatic carbocycles. The van der Waals surface area contributed by atoms with Crippen LogP contribution < -0.4 is 5.32 Å². The van der Waals surface area contributed by atoms with Crippen molar-refractivity contribution >= 4 is 21.8 Å². The molecule has 1 amide bonds. The molecule has 4 heteroatoms. The van der Waals surface area contributed by atoms with Crippen LogP contribution in [-0.2, 0) is 0 Å². The van der Waals surface area contributed by atoms with Gasteiger partial charge in [-0.05, 0) is 45.8 Å². The van der Waals surface area contributed by atoms with Crippen LogP contribution in [0.4, 0.5) is 4.39 Å². The van der Waals surface area contributed by atoms with E-state index in [9.17, 15) is 9.18 Å². The minimum absolute atomic E-state index is 0.0839. The van der Waals surface area contributed by atoms with Gasteiger partial charge in [0, 0.05) is 6.54 Å². The van der Waals surface area contributed by atoms with E-state index in [1.54, 1.807) is 12.1 Å². The summed E-state index contributed by atoms with van der Waals surface area (Å²) in [5.74, 6) is 0.482. The SMILES string of the molecule is CC(C)C(CNC(=O)c1cccc(Br)c1F)C(C)C. The van der Waals surface area contributed by atoms with E-state index in [0.29, 0.717) is 28.8 Å². The molecule has 0 spiro atoms.